The van der Waals surface area contributed by atoms with Gasteiger partial charge in [-0.3, -0.25) is 4.90 Å². The van der Waals surface area contributed by atoms with Gasteiger partial charge in [-0.15, -0.1) is 0 Å². The Hall–Kier alpha value is -0.160. The van der Waals surface area contributed by atoms with Gasteiger partial charge in [-0.2, -0.15) is 0 Å². The molecule has 1 aliphatic carbocycles. The number of unbranched alkanes of at least 4 members (excludes halogenated alkanes) is 2. The molecular weight excluding hydrogens is 326 g/mol. The van der Waals surface area contributed by atoms with Crippen LogP contribution in [0.3, 0.4) is 0 Å². The zero-order valence-electron chi connectivity index (χ0n) is 18.2. The van der Waals surface area contributed by atoms with E-state index in [2.05, 4.69) is 46.4 Å². The Balaban J connectivity index is 1.39. The van der Waals surface area contributed by atoms with Gasteiger partial charge in [-0.25, -0.2) is 0 Å². The molecule has 0 N–H and O–H groups in total. The molecule has 2 fully saturated rings. The zero-order valence-corrected chi connectivity index (χ0v) is 18.2. The molecule has 4 heteroatoms. The van der Waals surface area contributed by atoms with Gasteiger partial charge in [0.25, 0.3) is 0 Å². The Morgan fingerprint density at radius 2 is 1.27 bits per heavy atom. The van der Waals surface area contributed by atoms with Crippen molar-refractivity contribution in [3.05, 3.63) is 0 Å². The van der Waals surface area contributed by atoms with E-state index < -0.39 is 0 Å². The number of hydrogen-bond acceptors (Lipinski definition) is 4. The molecule has 2 aliphatic rings. The van der Waals surface area contributed by atoms with E-state index in [0.717, 1.165) is 38.9 Å². The van der Waals surface area contributed by atoms with E-state index in [0.29, 0.717) is 23.9 Å². The van der Waals surface area contributed by atoms with Crippen molar-refractivity contribution < 1.29 is 14.2 Å². The summed E-state index contributed by atoms with van der Waals surface area (Å²) in [7, 11) is 0. The molecule has 154 valence electrons. The number of ether oxygens (including phenoxy) is 3. The average Bonchev–Trinajstić information content (AvgIpc) is 2.49. The highest BCUT2D eigenvalue weighted by molar-refractivity contribution is 4.83. The summed E-state index contributed by atoms with van der Waals surface area (Å²) in [6.07, 6.45) is 9.29. The van der Waals surface area contributed by atoms with E-state index in [4.69, 9.17) is 14.2 Å². The molecule has 1 heterocycles. The van der Waals surface area contributed by atoms with E-state index in [-0.39, 0.29) is 5.60 Å². The lowest BCUT2D eigenvalue weighted by atomic mass is 9.91. The molecule has 2 rings (SSSR count). The molecule has 0 bridgehead atoms. The third-order valence-corrected chi connectivity index (χ3v) is 5.46. The lowest BCUT2D eigenvalue weighted by molar-refractivity contribution is -0.148. The first-order chi connectivity index (χ1) is 12.1. The van der Waals surface area contributed by atoms with Crippen LogP contribution in [-0.2, 0) is 14.2 Å². The predicted molar refractivity (Wildman–Crippen MR) is 108 cm³/mol. The fraction of sp³-hybridized carbons (Fsp3) is 1.00. The SMILES string of the molecule is CC(C)(C)OC1CC(OCCCCCOC2CCN(C(C)(C)C)CC2)C1. The average molecular weight is 370 g/mol. The van der Waals surface area contributed by atoms with Crippen LogP contribution in [0.4, 0.5) is 0 Å². The summed E-state index contributed by atoms with van der Waals surface area (Å²) in [5.74, 6) is 0. The zero-order chi connectivity index (χ0) is 19.2. The first-order valence-corrected chi connectivity index (χ1v) is 10.8. The quantitative estimate of drug-likeness (QED) is 0.546. The van der Waals surface area contributed by atoms with Gasteiger partial charge in [0.2, 0.25) is 0 Å². The highest BCUT2D eigenvalue weighted by atomic mass is 16.5. The van der Waals surface area contributed by atoms with Gasteiger partial charge in [-0.1, -0.05) is 0 Å². The molecule has 1 saturated heterocycles. The van der Waals surface area contributed by atoms with Crippen LogP contribution in [-0.4, -0.2) is 60.7 Å². The highest BCUT2D eigenvalue weighted by Crippen LogP contribution is 2.30. The van der Waals surface area contributed by atoms with Gasteiger partial charge >= 0.3 is 0 Å². The molecule has 0 aromatic heterocycles. The topological polar surface area (TPSA) is 30.9 Å². The third-order valence-electron chi connectivity index (χ3n) is 5.46. The van der Waals surface area contributed by atoms with Crippen LogP contribution in [0.1, 0.15) is 86.5 Å². The molecule has 4 nitrogen and oxygen atoms in total. The number of rotatable bonds is 9. The molecule has 0 aromatic rings. The lowest BCUT2D eigenvalue weighted by Gasteiger charge is -2.40. The van der Waals surface area contributed by atoms with E-state index in [9.17, 15) is 0 Å². The fourth-order valence-corrected chi connectivity index (χ4v) is 3.82. The Morgan fingerprint density at radius 1 is 0.731 bits per heavy atom. The van der Waals surface area contributed by atoms with Crippen molar-refractivity contribution >= 4 is 0 Å². The van der Waals surface area contributed by atoms with Crippen LogP contribution in [0, 0.1) is 0 Å². The smallest absolute Gasteiger partial charge is 0.0631 e. The summed E-state index contributed by atoms with van der Waals surface area (Å²) >= 11 is 0. The van der Waals surface area contributed by atoms with Crippen LogP contribution in [0.5, 0.6) is 0 Å². The first kappa shape index (κ1) is 22.1. The summed E-state index contributed by atoms with van der Waals surface area (Å²) in [5, 5.41) is 0. The van der Waals surface area contributed by atoms with Gasteiger partial charge in [-0.05, 0) is 86.5 Å². The maximum atomic E-state index is 6.08. The Kier molecular flexibility index (Phi) is 8.39. The Morgan fingerprint density at radius 3 is 1.77 bits per heavy atom. The van der Waals surface area contributed by atoms with Crippen molar-refractivity contribution in [3.63, 3.8) is 0 Å². The van der Waals surface area contributed by atoms with E-state index in [1.165, 1.54) is 32.4 Å². The second-order valence-electron chi connectivity index (χ2n) is 10.1. The van der Waals surface area contributed by atoms with Crippen LogP contribution < -0.4 is 0 Å². The summed E-state index contributed by atoms with van der Waals surface area (Å²) in [6, 6.07) is 0. The number of nitrogens with zero attached hydrogens (tertiary/aromatic N) is 1. The summed E-state index contributed by atoms with van der Waals surface area (Å²) in [4.78, 5) is 2.57. The van der Waals surface area contributed by atoms with E-state index in [1.807, 2.05) is 0 Å². The van der Waals surface area contributed by atoms with Crippen molar-refractivity contribution in [3.8, 4) is 0 Å². The minimum absolute atomic E-state index is 0.0288. The minimum Gasteiger partial charge on any atom is -0.378 e. The monoisotopic (exact) mass is 369 g/mol. The maximum absolute atomic E-state index is 6.08. The minimum atomic E-state index is -0.0288. The molecule has 1 saturated carbocycles. The van der Waals surface area contributed by atoms with Gasteiger partial charge in [0, 0.05) is 31.8 Å². The van der Waals surface area contributed by atoms with Crippen LogP contribution in [0.2, 0.25) is 0 Å². The second-order valence-corrected chi connectivity index (χ2v) is 10.1. The van der Waals surface area contributed by atoms with E-state index in [1.54, 1.807) is 0 Å². The fourth-order valence-electron chi connectivity index (χ4n) is 3.82. The Bertz CT molecular complexity index is 385. The first-order valence-electron chi connectivity index (χ1n) is 10.8. The van der Waals surface area contributed by atoms with Crippen molar-refractivity contribution in [2.24, 2.45) is 0 Å². The third kappa shape index (κ3) is 8.24. The number of likely N-dealkylation sites (tertiary alicyclic amines) is 1. The molecule has 0 aromatic carbocycles. The summed E-state index contributed by atoms with van der Waals surface area (Å²) < 4.78 is 18.0. The molecule has 0 unspecified atom stereocenters. The molecule has 0 atom stereocenters. The highest BCUT2D eigenvalue weighted by Gasteiger charge is 2.33. The second kappa shape index (κ2) is 9.86. The van der Waals surface area contributed by atoms with Crippen molar-refractivity contribution in [1.29, 1.82) is 0 Å². The van der Waals surface area contributed by atoms with E-state index >= 15 is 0 Å². The summed E-state index contributed by atoms with van der Waals surface area (Å²) in [6.45, 7) is 17.4. The van der Waals surface area contributed by atoms with Crippen molar-refractivity contribution in [1.82, 2.24) is 4.90 Å². The number of piperidine rings is 1. The van der Waals surface area contributed by atoms with Crippen molar-refractivity contribution in [2.45, 2.75) is 116 Å². The summed E-state index contributed by atoms with van der Waals surface area (Å²) in [5.41, 5.74) is 0.267. The molecule has 0 radical (unpaired) electrons. The van der Waals surface area contributed by atoms with Crippen LogP contribution in [0.25, 0.3) is 0 Å². The number of hydrogen-bond donors (Lipinski definition) is 0. The van der Waals surface area contributed by atoms with Gasteiger partial charge < -0.3 is 14.2 Å². The molecule has 0 spiro atoms. The van der Waals surface area contributed by atoms with Gasteiger partial charge in [0.1, 0.15) is 0 Å². The normalized spacial score (nSPS) is 26.1. The largest absolute Gasteiger partial charge is 0.378 e. The molecule has 0 amide bonds. The molecule has 26 heavy (non-hydrogen) atoms. The van der Waals surface area contributed by atoms with Crippen LogP contribution >= 0.6 is 0 Å². The molecule has 1 aliphatic heterocycles. The lowest BCUT2D eigenvalue weighted by Crippen LogP contribution is -2.47. The maximum Gasteiger partial charge on any atom is 0.0631 e. The standard InChI is InChI=1S/C22H43NO3/c1-21(2,3)23-12-10-18(11-13-23)24-14-8-7-9-15-25-19-16-20(17-19)26-22(4,5)6/h18-20H,7-17H2,1-6H3. The molecular formula is C22H43NO3. The van der Waals surface area contributed by atoms with Gasteiger partial charge in [0.05, 0.1) is 23.9 Å². The van der Waals surface area contributed by atoms with Crippen LogP contribution in [0.15, 0.2) is 0 Å². The predicted octanol–water partition coefficient (Wildman–Crippen LogP) is 4.80. The van der Waals surface area contributed by atoms with Gasteiger partial charge in [0.15, 0.2) is 0 Å². The Labute approximate surface area is 161 Å². The van der Waals surface area contributed by atoms with Crippen molar-refractivity contribution in [2.75, 3.05) is 26.3 Å².